The molecule has 1 heterocycles. The first-order chi connectivity index (χ1) is 6.77. The number of hydrogen-bond donors (Lipinski definition) is 1. The molecule has 1 N–H and O–H groups in total. The van der Waals surface area contributed by atoms with Gasteiger partial charge in [0, 0.05) is 6.54 Å². The van der Waals surface area contributed by atoms with Gasteiger partial charge in [0.15, 0.2) is 11.6 Å². The number of ether oxygens (including phenoxy) is 1. The van der Waals surface area contributed by atoms with Crippen molar-refractivity contribution in [1.82, 2.24) is 5.32 Å². The molecule has 0 spiro atoms. The third-order valence-electron chi connectivity index (χ3n) is 2.27. The van der Waals surface area contributed by atoms with Crippen LogP contribution in [0.3, 0.4) is 0 Å². The van der Waals surface area contributed by atoms with Crippen LogP contribution >= 0.6 is 0 Å². The first-order valence-corrected chi connectivity index (χ1v) is 4.53. The van der Waals surface area contributed by atoms with Crippen molar-refractivity contribution in [2.45, 2.75) is 6.04 Å². The molecule has 2 nitrogen and oxygen atoms in total. The smallest absolute Gasteiger partial charge is 0.159 e. The lowest BCUT2D eigenvalue weighted by molar-refractivity contribution is 0.0767. The van der Waals surface area contributed by atoms with E-state index in [2.05, 4.69) is 5.32 Å². The standard InChI is InChI=1S/C10H11F2NO/c11-8-2-1-7(5-9(8)12)10-6-14-4-3-13-10/h1-2,5,10,13H,3-4,6H2/t10-/m1/s1. The van der Waals surface area contributed by atoms with Gasteiger partial charge in [-0.25, -0.2) is 8.78 Å². The summed E-state index contributed by atoms with van der Waals surface area (Å²) in [5.41, 5.74) is 0.726. The SMILES string of the molecule is Fc1ccc([C@H]2COCCN2)cc1F. The molecule has 1 saturated heterocycles. The number of hydrogen-bond acceptors (Lipinski definition) is 2. The number of morpholine rings is 1. The highest BCUT2D eigenvalue weighted by molar-refractivity contribution is 5.21. The Bertz CT molecular complexity index is 324. The van der Waals surface area contributed by atoms with Crippen molar-refractivity contribution in [2.24, 2.45) is 0 Å². The molecule has 0 amide bonds. The van der Waals surface area contributed by atoms with Crippen LogP contribution < -0.4 is 5.32 Å². The molecule has 1 aromatic rings. The van der Waals surface area contributed by atoms with Crippen LogP contribution in [0.4, 0.5) is 8.78 Å². The fourth-order valence-corrected chi connectivity index (χ4v) is 1.51. The van der Waals surface area contributed by atoms with Crippen LogP contribution in [0.1, 0.15) is 11.6 Å². The Labute approximate surface area is 80.9 Å². The van der Waals surface area contributed by atoms with Crippen molar-refractivity contribution in [3.8, 4) is 0 Å². The fraction of sp³-hybridized carbons (Fsp3) is 0.400. The number of benzene rings is 1. The lowest BCUT2D eigenvalue weighted by Crippen LogP contribution is -2.34. The summed E-state index contributed by atoms with van der Waals surface area (Å²) < 4.78 is 30.8. The highest BCUT2D eigenvalue weighted by atomic mass is 19.2. The molecule has 0 bridgehead atoms. The minimum absolute atomic E-state index is 0.0288. The number of nitrogens with one attached hydrogen (secondary N) is 1. The molecule has 0 unspecified atom stereocenters. The Hall–Kier alpha value is -1.00. The molecule has 1 aliphatic rings. The average molecular weight is 199 g/mol. The van der Waals surface area contributed by atoms with Crippen molar-refractivity contribution in [3.63, 3.8) is 0 Å². The predicted octanol–water partition coefficient (Wildman–Crippen LogP) is 1.63. The second-order valence-electron chi connectivity index (χ2n) is 3.26. The van der Waals surface area contributed by atoms with Gasteiger partial charge >= 0.3 is 0 Å². The van der Waals surface area contributed by atoms with Gasteiger partial charge in [-0.3, -0.25) is 0 Å². The largest absolute Gasteiger partial charge is 0.378 e. The molecule has 2 rings (SSSR count). The zero-order valence-electron chi connectivity index (χ0n) is 7.59. The summed E-state index contributed by atoms with van der Waals surface area (Å²) in [5, 5.41) is 3.17. The zero-order valence-corrected chi connectivity index (χ0v) is 7.59. The molecule has 1 atom stereocenters. The lowest BCUT2D eigenvalue weighted by atomic mass is 10.1. The molecular weight excluding hydrogens is 188 g/mol. The summed E-state index contributed by atoms with van der Waals surface area (Å²) in [7, 11) is 0. The molecule has 0 saturated carbocycles. The molecule has 4 heteroatoms. The van der Waals surface area contributed by atoms with Gasteiger partial charge in [0.2, 0.25) is 0 Å². The van der Waals surface area contributed by atoms with E-state index in [-0.39, 0.29) is 6.04 Å². The maximum Gasteiger partial charge on any atom is 0.159 e. The Balaban J connectivity index is 2.18. The second kappa shape index (κ2) is 4.02. The predicted molar refractivity (Wildman–Crippen MR) is 47.9 cm³/mol. The Kier molecular flexibility index (Phi) is 2.74. The summed E-state index contributed by atoms with van der Waals surface area (Å²) in [5.74, 6) is -1.62. The van der Waals surface area contributed by atoms with Crippen molar-refractivity contribution < 1.29 is 13.5 Å². The molecule has 0 radical (unpaired) electrons. The summed E-state index contributed by atoms with van der Waals surface area (Å²) in [6.45, 7) is 1.91. The van der Waals surface area contributed by atoms with E-state index in [1.54, 1.807) is 6.07 Å². The van der Waals surface area contributed by atoms with Crippen molar-refractivity contribution in [1.29, 1.82) is 0 Å². The van der Waals surface area contributed by atoms with Crippen molar-refractivity contribution >= 4 is 0 Å². The van der Waals surface area contributed by atoms with Crippen LogP contribution in [0.5, 0.6) is 0 Å². The average Bonchev–Trinajstić information content (AvgIpc) is 2.23. The summed E-state index contributed by atoms with van der Waals surface area (Å²) in [6, 6.07) is 3.90. The van der Waals surface area contributed by atoms with E-state index in [0.29, 0.717) is 13.2 Å². The van der Waals surface area contributed by atoms with Gasteiger partial charge in [-0.2, -0.15) is 0 Å². The van der Waals surface area contributed by atoms with Crippen LogP contribution in [0.2, 0.25) is 0 Å². The van der Waals surface area contributed by atoms with E-state index in [1.165, 1.54) is 6.07 Å². The fourth-order valence-electron chi connectivity index (χ4n) is 1.51. The van der Waals surface area contributed by atoms with E-state index in [4.69, 9.17) is 4.74 Å². The molecule has 76 valence electrons. The normalized spacial score (nSPS) is 22.3. The van der Waals surface area contributed by atoms with E-state index >= 15 is 0 Å². The van der Waals surface area contributed by atoms with E-state index in [0.717, 1.165) is 18.2 Å². The Morgan fingerprint density at radius 2 is 2.14 bits per heavy atom. The van der Waals surface area contributed by atoms with Crippen molar-refractivity contribution in [3.05, 3.63) is 35.4 Å². The number of rotatable bonds is 1. The highest BCUT2D eigenvalue weighted by Crippen LogP contribution is 2.18. The molecule has 0 aliphatic carbocycles. The number of halogens is 2. The van der Waals surface area contributed by atoms with Gasteiger partial charge in [-0.1, -0.05) is 6.07 Å². The lowest BCUT2D eigenvalue weighted by Gasteiger charge is -2.24. The van der Waals surface area contributed by atoms with Gasteiger partial charge in [-0.05, 0) is 17.7 Å². The summed E-state index contributed by atoms with van der Waals surface area (Å²) >= 11 is 0. The first-order valence-electron chi connectivity index (χ1n) is 4.53. The van der Waals surface area contributed by atoms with Crippen LogP contribution in [-0.2, 0) is 4.74 Å². The van der Waals surface area contributed by atoms with E-state index in [1.807, 2.05) is 0 Å². The van der Waals surface area contributed by atoms with Gasteiger partial charge in [-0.15, -0.1) is 0 Å². The Morgan fingerprint density at radius 3 is 2.79 bits per heavy atom. The van der Waals surface area contributed by atoms with E-state index in [9.17, 15) is 8.78 Å². The molecule has 14 heavy (non-hydrogen) atoms. The van der Waals surface area contributed by atoms with Gasteiger partial charge in [0.25, 0.3) is 0 Å². The topological polar surface area (TPSA) is 21.3 Å². The van der Waals surface area contributed by atoms with Crippen LogP contribution in [-0.4, -0.2) is 19.8 Å². The zero-order chi connectivity index (χ0) is 9.97. The molecule has 0 aromatic heterocycles. The Morgan fingerprint density at radius 1 is 1.29 bits per heavy atom. The van der Waals surface area contributed by atoms with Gasteiger partial charge < -0.3 is 10.1 Å². The van der Waals surface area contributed by atoms with Crippen LogP contribution in [0, 0.1) is 11.6 Å². The summed E-state index contributed by atoms with van der Waals surface area (Å²) in [4.78, 5) is 0. The molecule has 1 aliphatic heterocycles. The first kappa shape index (κ1) is 9.55. The maximum atomic E-state index is 12.9. The molecular formula is C10H11F2NO. The molecule has 1 aromatic carbocycles. The highest BCUT2D eigenvalue weighted by Gasteiger charge is 2.16. The van der Waals surface area contributed by atoms with Crippen molar-refractivity contribution in [2.75, 3.05) is 19.8 Å². The molecule has 1 fully saturated rings. The third-order valence-corrected chi connectivity index (χ3v) is 2.27. The van der Waals surface area contributed by atoms with Crippen LogP contribution in [0.25, 0.3) is 0 Å². The van der Waals surface area contributed by atoms with Gasteiger partial charge in [0.1, 0.15) is 0 Å². The monoisotopic (exact) mass is 199 g/mol. The summed E-state index contributed by atoms with van der Waals surface area (Å²) in [6.07, 6.45) is 0. The van der Waals surface area contributed by atoms with Crippen LogP contribution in [0.15, 0.2) is 18.2 Å². The maximum absolute atomic E-state index is 12.9. The minimum Gasteiger partial charge on any atom is -0.378 e. The minimum atomic E-state index is -0.814. The van der Waals surface area contributed by atoms with E-state index < -0.39 is 11.6 Å². The van der Waals surface area contributed by atoms with Gasteiger partial charge in [0.05, 0.1) is 19.3 Å². The second-order valence-corrected chi connectivity index (χ2v) is 3.26. The quantitative estimate of drug-likeness (QED) is 0.742. The third kappa shape index (κ3) is 1.91.